The fourth-order valence-corrected chi connectivity index (χ4v) is 4.58. The summed E-state index contributed by atoms with van der Waals surface area (Å²) >= 11 is 0. The molecule has 1 fully saturated rings. The number of fused-ring (bicyclic) bond motifs is 3. The Labute approximate surface area is 183 Å². The summed E-state index contributed by atoms with van der Waals surface area (Å²) in [5.41, 5.74) is 7.09. The van der Waals surface area contributed by atoms with Gasteiger partial charge in [-0.1, -0.05) is 43.7 Å². The number of nitriles is 1. The van der Waals surface area contributed by atoms with Crippen molar-refractivity contribution in [1.82, 2.24) is 9.38 Å². The number of nitrogens with zero attached hydrogens (tertiary/aromatic N) is 5. The second kappa shape index (κ2) is 7.63. The molecule has 1 aliphatic rings. The number of piperazine rings is 1. The third-order valence-corrected chi connectivity index (χ3v) is 6.32. The molecule has 156 valence electrons. The molecule has 0 aliphatic carbocycles. The van der Waals surface area contributed by atoms with Gasteiger partial charge in [-0.15, -0.1) is 0 Å². The van der Waals surface area contributed by atoms with Gasteiger partial charge in [0.15, 0.2) is 5.65 Å². The van der Waals surface area contributed by atoms with Crippen LogP contribution in [0.1, 0.15) is 36.5 Å². The van der Waals surface area contributed by atoms with Crippen molar-refractivity contribution in [3.63, 3.8) is 0 Å². The molecule has 0 N–H and O–H groups in total. The van der Waals surface area contributed by atoms with Crippen LogP contribution in [0.25, 0.3) is 16.7 Å². The maximum absolute atomic E-state index is 9.95. The third-order valence-electron chi connectivity index (χ3n) is 6.32. The van der Waals surface area contributed by atoms with Gasteiger partial charge in [0.1, 0.15) is 11.9 Å². The van der Waals surface area contributed by atoms with E-state index in [0.29, 0.717) is 5.56 Å². The van der Waals surface area contributed by atoms with Gasteiger partial charge in [0.25, 0.3) is 0 Å². The van der Waals surface area contributed by atoms with E-state index in [9.17, 15) is 5.26 Å². The monoisotopic (exact) mass is 409 g/mol. The molecule has 31 heavy (non-hydrogen) atoms. The molecule has 5 rings (SSSR count). The van der Waals surface area contributed by atoms with Gasteiger partial charge in [0, 0.05) is 31.9 Å². The maximum Gasteiger partial charge on any atom is 0.157 e. The predicted octanol–water partition coefficient (Wildman–Crippen LogP) is 5.12. The van der Waals surface area contributed by atoms with E-state index >= 15 is 0 Å². The summed E-state index contributed by atoms with van der Waals surface area (Å²) in [6, 6.07) is 21.6. The SMILES string of the molecule is Cc1ccc(N2CCN(c3cc(C(C)C)c(C#N)c4nc5ccccc5n34)CC2)cc1. The molecule has 0 atom stereocenters. The Morgan fingerprint density at radius 2 is 1.61 bits per heavy atom. The van der Waals surface area contributed by atoms with Crippen LogP contribution >= 0.6 is 0 Å². The topological polar surface area (TPSA) is 47.6 Å². The fourth-order valence-electron chi connectivity index (χ4n) is 4.58. The van der Waals surface area contributed by atoms with Crippen molar-refractivity contribution in [1.29, 1.82) is 5.26 Å². The minimum Gasteiger partial charge on any atom is -0.368 e. The van der Waals surface area contributed by atoms with Crippen molar-refractivity contribution < 1.29 is 0 Å². The molecule has 2 aromatic heterocycles. The fraction of sp³-hybridized carbons (Fsp3) is 0.308. The summed E-state index contributed by atoms with van der Waals surface area (Å²) in [5, 5.41) is 9.95. The Morgan fingerprint density at radius 1 is 0.935 bits per heavy atom. The van der Waals surface area contributed by atoms with E-state index in [2.05, 4.69) is 77.4 Å². The molecular formula is C26H27N5. The summed E-state index contributed by atoms with van der Waals surface area (Å²) < 4.78 is 2.18. The normalized spacial score (nSPS) is 14.5. The number of aryl methyl sites for hydroxylation is 1. The van der Waals surface area contributed by atoms with Crippen molar-refractivity contribution in [2.45, 2.75) is 26.7 Å². The molecule has 4 aromatic rings. The van der Waals surface area contributed by atoms with Crippen LogP contribution in [0.2, 0.25) is 0 Å². The van der Waals surface area contributed by atoms with Gasteiger partial charge in [-0.25, -0.2) is 4.98 Å². The van der Waals surface area contributed by atoms with Gasteiger partial charge >= 0.3 is 0 Å². The molecule has 0 radical (unpaired) electrons. The lowest BCUT2D eigenvalue weighted by molar-refractivity contribution is 0.644. The van der Waals surface area contributed by atoms with Gasteiger partial charge in [0.05, 0.1) is 16.6 Å². The Hall–Kier alpha value is -3.52. The second-order valence-corrected chi connectivity index (χ2v) is 8.67. The lowest BCUT2D eigenvalue weighted by atomic mass is 9.98. The lowest BCUT2D eigenvalue weighted by Gasteiger charge is -2.38. The molecule has 0 unspecified atom stereocenters. The molecule has 3 heterocycles. The first-order valence-corrected chi connectivity index (χ1v) is 11.0. The first-order valence-electron chi connectivity index (χ1n) is 11.0. The average molecular weight is 410 g/mol. The largest absolute Gasteiger partial charge is 0.368 e. The minimum absolute atomic E-state index is 0.257. The van der Waals surface area contributed by atoms with Crippen molar-refractivity contribution in [2.24, 2.45) is 0 Å². The minimum atomic E-state index is 0.257. The van der Waals surface area contributed by atoms with Crippen LogP contribution in [0.5, 0.6) is 0 Å². The van der Waals surface area contributed by atoms with Crippen molar-refractivity contribution in [2.75, 3.05) is 36.0 Å². The van der Waals surface area contributed by atoms with Crippen LogP contribution in [0.3, 0.4) is 0 Å². The first kappa shape index (κ1) is 19.4. The molecule has 1 aliphatic heterocycles. The van der Waals surface area contributed by atoms with Gasteiger partial charge in [-0.3, -0.25) is 4.40 Å². The van der Waals surface area contributed by atoms with Crippen LogP contribution in [0.15, 0.2) is 54.6 Å². The number of para-hydroxylation sites is 2. The summed E-state index contributed by atoms with van der Waals surface area (Å²) in [6.45, 7) is 10.2. The molecular weight excluding hydrogens is 382 g/mol. The van der Waals surface area contributed by atoms with Crippen LogP contribution in [-0.2, 0) is 0 Å². The predicted molar refractivity (Wildman–Crippen MR) is 127 cm³/mol. The number of benzene rings is 2. The molecule has 0 saturated carbocycles. The number of anilines is 2. The Balaban J connectivity index is 1.58. The molecule has 5 heteroatoms. The summed E-state index contributed by atoms with van der Waals surface area (Å²) in [7, 11) is 0. The van der Waals surface area contributed by atoms with Crippen molar-refractivity contribution in [3.05, 3.63) is 71.3 Å². The smallest absolute Gasteiger partial charge is 0.157 e. The van der Waals surface area contributed by atoms with E-state index < -0.39 is 0 Å². The third kappa shape index (κ3) is 3.29. The highest BCUT2D eigenvalue weighted by molar-refractivity contribution is 5.85. The highest BCUT2D eigenvalue weighted by atomic mass is 15.3. The van der Waals surface area contributed by atoms with Gasteiger partial charge in [-0.2, -0.15) is 5.26 Å². The Kier molecular flexibility index (Phi) is 4.78. The highest BCUT2D eigenvalue weighted by Gasteiger charge is 2.24. The van der Waals surface area contributed by atoms with Gasteiger partial charge in [0.2, 0.25) is 0 Å². The molecule has 0 bridgehead atoms. The van der Waals surface area contributed by atoms with Gasteiger partial charge in [-0.05, 0) is 48.7 Å². The van der Waals surface area contributed by atoms with Crippen molar-refractivity contribution >= 4 is 28.2 Å². The molecule has 1 saturated heterocycles. The maximum atomic E-state index is 9.95. The average Bonchev–Trinajstić information content (AvgIpc) is 3.18. The van der Waals surface area contributed by atoms with E-state index in [0.717, 1.165) is 54.2 Å². The molecule has 0 spiro atoms. The van der Waals surface area contributed by atoms with E-state index in [1.165, 1.54) is 11.3 Å². The van der Waals surface area contributed by atoms with E-state index in [4.69, 9.17) is 4.98 Å². The van der Waals surface area contributed by atoms with Crippen LogP contribution in [0, 0.1) is 18.3 Å². The standard InChI is InChI=1S/C26H27N5/c1-18(2)21-16-25(30-14-12-29(13-15-30)20-10-8-19(3)9-11-20)31-24-7-5-4-6-23(24)28-26(31)22(21)17-27/h4-11,16,18H,12-15H2,1-3H3. The molecule has 5 nitrogen and oxygen atoms in total. The summed E-state index contributed by atoms with van der Waals surface area (Å²) in [4.78, 5) is 9.75. The molecule has 2 aromatic carbocycles. The number of imidazole rings is 1. The number of aromatic nitrogens is 2. The second-order valence-electron chi connectivity index (χ2n) is 8.67. The number of hydrogen-bond acceptors (Lipinski definition) is 4. The van der Waals surface area contributed by atoms with Gasteiger partial charge < -0.3 is 9.80 Å². The zero-order chi connectivity index (χ0) is 21.5. The highest BCUT2D eigenvalue weighted by Crippen LogP contribution is 2.33. The quantitative estimate of drug-likeness (QED) is 0.471. The molecule has 0 amide bonds. The number of rotatable bonds is 3. The zero-order valence-electron chi connectivity index (χ0n) is 18.3. The van der Waals surface area contributed by atoms with Crippen LogP contribution < -0.4 is 9.80 Å². The summed E-state index contributed by atoms with van der Waals surface area (Å²) in [5.74, 6) is 1.39. The van der Waals surface area contributed by atoms with E-state index in [-0.39, 0.29) is 5.92 Å². The lowest BCUT2D eigenvalue weighted by Crippen LogP contribution is -2.47. The van der Waals surface area contributed by atoms with Crippen LogP contribution in [-0.4, -0.2) is 35.6 Å². The Morgan fingerprint density at radius 3 is 2.29 bits per heavy atom. The zero-order valence-corrected chi connectivity index (χ0v) is 18.3. The first-order chi connectivity index (χ1) is 15.1. The van der Waals surface area contributed by atoms with Crippen LogP contribution in [0.4, 0.5) is 11.5 Å². The Bertz CT molecular complexity index is 1290. The van der Waals surface area contributed by atoms with Crippen molar-refractivity contribution in [3.8, 4) is 6.07 Å². The number of pyridine rings is 1. The summed E-state index contributed by atoms with van der Waals surface area (Å²) in [6.07, 6.45) is 0. The number of hydrogen-bond donors (Lipinski definition) is 0. The van der Waals surface area contributed by atoms with E-state index in [1.54, 1.807) is 0 Å². The van der Waals surface area contributed by atoms with E-state index in [1.807, 2.05) is 18.2 Å².